The first-order valence-corrected chi connectivity index (χ1v) is 11.4. The van der Waals surface area contributed by atoms with Crippen LogP contribution in [0, 0.1) is 0 Å². The lowest BCUT2D eigenvalue weighted by Crippen LogP contribution is -2.29. The Hall–Kier alpha value is -2.81. The monoisotopic (exact) mass is 489 g/mol. The highest BCUT2D eigenvalue weighted by molar-refractivity contribution is 7.99. The lowest BCUT2D eigenvalue weighted by molar-refractivity contribution is -0.113. The number of benzene rings is 2. The van der Waals surface area contributed by atoms with Gasteiger partial charge in [-0.3, -0.25) is 9.59 Å². The fourth-order valence-electron chi connectivity index (χ4n) is 2.91. The Morgan fingerprint density at radius 1 is 1.19 bits per heavy atom. The molecular weight excluding hydrogens is 469 g/mol. The standard InChI is InChI=1S/C22H21Cl2N5O2S/c1-3-11-29-20(14(2)25-21(31)17-9-4-5-10-18(17)24)27-28-22(29)32-13-19(30)26-16-8-6-7-15(23)12-16/h3-10,12,14H,1,11,13H2,2H3,(H,25,31)(H,26,30)/t14-/m0/s1. The second kappa shape index (κ2) is 11.2. The van der Waals surface area contributed by atoms with Crippen LogP contribution in [0.5, 0.6) is 0 Å². The van der Waals surface area contributed by atoms with E-state index >= 15 is 0 Å². The number of hydrogen-bond donors (Lipinski definition) is 2. The maximum Gasteiger partial charge on any atom is 0.253 e. The molecule has 0 radical (unpaired) electrons. The van der Waals surface area contributed by atoms with Gasteiger partial charge in [-0.25, -0.2) is 0 Å². The molecule has 0 spiro atoms. The van der Waals surface area contributed by atoms with Crippen LogP contribution in [0.25, 0.3) is 0 Å². The van der Waals surface area contributed by atoms with E-state index in [1.165, 1.54) is 11.8 Å². The number of amides is 2. The molecule has 2 aromatic carbocycles. The Balaban J connectivity index is 1.67. The van der Waals surface area contributed by atoms with E-state index in [1.807, 2.05) is 4.57 Å². The quantitative estimate of drug-likeness (QED) is 0.326. The van der Waals surface area contributed by atoms with Crippen LogP contribution in [0.3, 0.4) is 0 Å². The minimum Gasteiger partial charge on any atom is -0.342 e. The van der Waals surface area contributed by atoms with Crippen LogP contribution < -0.4 is 10.6 Å². The molecule has 3 rings (SSSR count). The molecule has 0 aliphatic carbocycles. The summed E-state index contributed by atoms with van der Waals surface area (Å²) < 4.78 is 1.81. The molecule has 3 aromatic rings. The van der Waals surface area contributed by atoms with Gasteiger partial charge >= 0.3 is 0 Å². The van der Waals surface area contributed by atoms with Gasteiger partial charge in [0.15, 0.2) is 11.0 Å². The maximum absolute atomic E-state index is 12.6. The van der Waals surface area contributed by atoms with Crippen molar-refractivity contribution in [3.8, 4) is 0 Å². The second-order valence-electron chi connectivity index (χ2n) is 6.76. The number of carbonyl (C=O) groups excluding carboxylic acids is 2. The van der Waals surface area contributed by atoms with Gasteiger partial charge in [0.05, 0.1) is 22.4 Å². The van der Waals surface area contributed by atoms with Crippen LogP contribution in [0.1, 0.15) is 29.1 Å². The normalized spacial score (nSPS) is 11.6. The van der Waals surface area contributed by atoms with Crippen molar-refractivity contribution in [1.29, 1.82) is 0 Å². The van der Waals surface area contributed by atoms with Gasteiger partial charge in [-0.2, -0.15) is 0 Å². The number of thioether (sulfide) groups is 1. The molecule has 0 aliphatic rings. The Kier molecular flexibility index (Phi) is 8.33. The van der Waals surface area contributed by atoms with E-state index in [-0.39, 0.29) is 17.6 Å². The van der Waals surface area contributed by atoms with E-state index < -0.39 is 6.04 Å². The van der Waals surface area contributed by atoms with Crippen molar-refractivity contribution < 1.29 is 9.59 Å². The molecule has 1 atom stereocenters. The summed E-state index contributed by atoms with van der Waals surface area (Å²) in [7, 11) is 0. The Labute approximate surface area is 200 Å². The van der Waals surface area contributed by atoms with E-state index in [4.69, 9.17) is 23.2 Å². The van der Waals surface area contributed by atoms with Crippen molar-refractivity contribution in [2.24, 2.45) is 0 Å². The zero-order chi connectivity index (χ0) is 23.1. The molecule has 166 valence electrons. The minimum absolute atomic E-state index is 0.127. The zero-order valence-electron chi connectivity index (χ0n) is 17.2. The molecule has 0 bridgehead atoms. The molecule has 0 saturated heterocycles. The first-order valence-electron chi connectivity index (χ1n) is 9.66. The second-order valence-corrected chi connectivity index (χ2v) is 8.55. The summed E-state index contributed by atoms with van der Waals surface area (Å²) in [6.45, 7) is 6.00. The van der Waals surface area contributed by atoms with Gasteiger partial charge in [0.25, 0.3) is 5.91 Å². The molecule has 32 heavy (non-hydrogen) atoms. The minimum atomic E-state index is -0.444. The first-order chi connectivity index (χ1) is 15.4. The summed E-state index contributed by atoms with van der Waals surface area (Å²) in [6, 6.07) is 13.3. The van der Waals surface area contributed by atoms with Crippen LogP contribution in [0.2, 0.25) is 10.0 Å². The van der Waals surface area contributed by atoms with Crippen molar-refractivity contribution in [2.45, 2.75) is 24.7 Å². The fraction of sp³-hybridized carbons (Fsp3) is 0.182. The van der Waals surface area contributed by atoms with Crippen molar-refractivity contribution in [1.82, 2.24) is 20.1 Å². The number of allylic oxidation sites excluding steroid dienone is 1. The number of hydrogen-bond acceptors (Lipinski definition) is 5. The number of anilines is 1. The number of halogens is 2. The van der Waals surface area contributed by atoms with Gasteiger partial charge in [0, 0.05) is 17.3 Å². The van der Waals surface area contributed by atoms with Crippen LogP contribution in [-0.2, 0) is 11.3 Å². The lowest BCUT2D eigenvalue weighted by atomic mass is 10.2. The largest absolute Gasteiger partial charge is 0.342 e. The molecule has 0 fully saturated rings. The van der Waals surface area contributed by atoms with E-state index in [9.17, 15) is 9.59 Å². The third-order valence-corrected chi connectivity index (χ3v) is 5.88. The van der Waals surface area contributed by atoms with E-state index in [0.29, 0.717) is 38.8 Å². The molecule has 0 unspecified atom stereocenters. The third-order valence-electron chi connectivity index (χ3n) is 4.35. The van der Waals surface area contributed by atoms with Crippen LogP contribution >= 0.6 is 35.0 Å². The molecule has 0 aliphatic heterocycles. The highest BCUT2D eigenvalue weighted by Crippen LogP contribution is 2.23. The number of carbonyl (C=O) groups is 2. The summed E-state index contributed by atoms with van der Waals surface area (Å²) in [6.07, 6.45) is 1.70. The van der Waals surface area contributed by atoms with Gasteiger partial charge in [-0.05, 0) is 37.3 Å². The molecule has 1 heterocycles. The highest BCUT2D eigenvalue weighted by atomic mass is 35.5. The molecule has 7 nitrogen and oxygen atoms in total. The average Bonchev–Trinajstić information content (AvgIpc) is 3.15. The predicted octanol–water partition coefficient (Wildman–Crippen LogP) is 4.99. The number of rotatable bonds is 9. The summed E-state index contributed by atoms with van der Waals surface area (Å²) in [5.74, 6) is 0.156. The predicted molar refractivity (Wildman–Crippen MR) is 128 cm³/mol. The van der Waals surface area contributed by atoms with Crippen molar-refractivity contribution in [3.63, 3.8) is 0 Å². The SMILES string of the molecule is C=CCn1c(SCC(=O)Nc2cccc(Cl)c2)nnc1[C@H](C)NC(=O)c1ccccc1Cl. The van der Waals surface area contributed by atoms with E-state index in [0.717, 1.165) is 0 Å². The van der Waals surface area contributed by atoms with Gasteiger partial charge in [0.1, 0.15) is 0 Å². The average molecular weight is 490 g/mol. The maximum atomic E-state index is 12.6. The number of nitrogens with one attached hydrogen (secondary N) is 2. The van der Waals surface area contributed by atoms with Gasteiger partial charge < -0.3 is 15.2 Å². The topological polar surface area (TPSA) is 88.9 Å². The molecule has 2 N–H and O–H groups in total. The molecule has 0 saturated carbocycles. The molecule has 2 amide bonds. The van der Waals surface area contributed by atoms with Gasteiger partial charge in [0.2, 0.25) is 5.91 Å². The Morgan fingerprint density at radius 2 is 1.97 bits per heavy atom. The van der Waals surface area contributed by atoms with Crippen molar-refractivity contribution in [2.75, 3.05) is 11.1 Å². The van der Waals surface area contributed by atoms with Crippen LogP contribution in [0.4, 0.5) is 5.69 Å². The van der Waals surface area contributed by atoms with Crippen molar-refractivity contribution >= 4 is 52.5 Å². The molecular formula is C22H21Cl2N5O2S. The summed E-state index contributed by atoms with van der Waals surface area (Å²) in [5.41, 5.74) is 0.996. The first kappa shape index (κ1) is 23.8. The smallest absolute Gasteiger partial charge is 0.253 e. The fourth-order valence-corrected chi connectivity index (χ4v) is 4.07. The summed E-state index contributed by atoms with van der Waals surface area (Å²) >= 11 is 13.3. The Bertz CT molecular complexity index is 1140. The molecule has 1 aromatic heterocycles. The van der Waals surface area contributed by atoms with Gasteiger partial charge in [-0.1, -0.05) is 59.2 Å². The number of aromatic nitrogens is 3. The Morgan fingerprint density at radius 3 is 2.69 bits per heavy atom. The lowest BCUT2D eigenvalue weighted by Gasteiger charge is -2.15. The summed E-state index contributed by atoms with van der Waals surface area (Å²) in [4.78, 5) is 24.9. The molecule has 10 heteroatoms. The summed E-state index contributed by atoms with van der Waals surface area (Å²) in [5, 5.41) is 15.5. The zero-order valence-corrected chi connectivity index (χ0v) is 19.5. The van der Waals surface area contributed by atoms with Crippen LogP contribution in [0.15, 0.2) is 66.3 Å². The van der Waals surface area contributed by atoms with Crippen LogP contribution in [-0.4, -0.2) is 32.3 Å². The van der Waals surface area contributed by atoms with Gasteiger partial charge in [-0.15, -0.1) is 16.8 Å². The van der Waals surface area contributed by atoms with E-state index in [1.54, 1.807) is 61.5 Å². The third kappa shape index (κ3) is 6.12. The van der Waals surface area contributed by atoms with E-state index in [2.05, 4.69) is 27.4 Å². The van der Waals surface area contributed by atoms with Crippen molar-refractivity contribution in [3.05, 3.63) is 82.6 Å². The highest BCUT2D eigenvalue weighted by Gasteiger charge is 2.21. The number of nitrogens with zero attached hydrogens (tertiary/aromatic N) is 3.